The second kappa shape index (κ2) is 5.66. The Balaban J connectivity index is 3.02. The van der Waals surface area contributed by atoms with Gasteiger partial charge in [-0.15, -0.1) is 0 Å². The van der Waals surface area contributed by atoms with Gasteiger partial charge in [0.2, 0.25) is 0 Å². The summed E-state index contributed by atoms with van der Waals surface area (Å²) in [6.07, 6.45) is 0.707. The monoisotopic (exact) mass is 270 g/mol. The Labute approximate surface area is 96.6 Å². The molecule has 0 aliphatic carbocycles. The molecule has 0 saturated carbocycles. The number of esters is 1. The molecule has 80 valence electrons. The summed E-state index contributed by atoms with van der Waals surface area (Å²) >= 11 is 3.30. The highest BCUT2D eigenvalue weighted by Gasteiger charge is 2.18. The van der Waals surface area contributed by atoms with Crippen LogP contribution in [-0.2, 0) is 16.0 Å². The van der Waals surface area contributed by atoms with Crippen molar-refractivity contribution in [2.45, 2.75) is 6.42 Å². The second-order valence-corrected chi connectivity index (χ2v) is 3.71. The van der Waals surface area contributed by atoms with Crippen molar-refractivity contribution in [2.75, 3.05) is 12.4 Å². The number of carbonyl (C=O) groups excluding carboxylic acids is 2. The standard InChI is InChI=1S/C11H11BrO3/c1-15-11(14)10(13)9-5-3-2-4-8(9)6-7-12/h2-5H,6-7H2,1H3. The van der Waals surface area contributed by atoms with Gasteiger partial charge < -0.3 is 4.74 Å². The van der Waals surface area contributed by atoms with Crippen LogP contribution in [0.4, 0.5) is 0 Å². The average Bonchev–Trinajstić information content (AvgIpc) is 2.28. The number of halogens is 1. The first kappa shape index (κ1) is 11.9. The number of aryl methyl sites for hydroxylation is 1. The van der Waals surface area contributed by atoms with Crippen LogP contribution in [0.15, 0.2) is 24.3 Å². The Morgan fingerprint density at radius 2 is 2.00 bits per heavy atom. The number of rotatable bonds is 4. The Kier molecular flexibility index (Phi) is 4.49. The van der Waals surface area contributed by atoms with Gasteiger partial charge in [-0.25, -0.2) is 4.79 Å². The molecule has 0 fully saturated rings. The Bertz CT molecular complexity index is 374. The molecule has 15 heavy (non-hydrogen) atoms. The van der Waals surface area contributed by atoms with E-state index in [-0.39, 0.29) is 0 Å². The summed E-state index contributed by atoms with van der Waals surface area (Å²) in [5.74, 6) is -1.41. The number of benzene rings is 1. The zero-order valence-corrected chi connectivity index (χ0v) is 9.91. The van der Waals surface area contributed by atoms with Crippen LogP contribution in [0.5, 0.6) is 0 Å². The largest absolute Gasteiger partial charge is 0.463 e. The lowest BCUT2D eigenvalue weighted by Crippen LogP contribution is -2.17. The zero-order chi connectivity index (χ0) is 11.3. The number of alkyl halides is 1. The van der Waals surface area contributed by atoms with Crippen LogP contribution in [-0.4, -0.2) is 24.2 Å². The summed E-state index contributed by atoms with van der Waals surface area (Å²) in [4.78, 5) is 22.7. The zero-order valence-electron chi connectivity index (χ0n) is 8.33. The molecule has 1 aromatic carbocycles. The van der Waals surface area contributed by atoms with E-state index in [2.05, 4.69) is 20.7 Å². The third kappa shape index (κ3) is 2.89. The van der Waals surface area contributed by atoms with Crippen LogP contribution in [0.2, 0.25) is 0 Å². The molecule has 1 aromatic rings. The number of hydrogen-bond donors (Lipinski definition) is 0. The second-order valence-electron chi connectivity index (χ2n) is 2.92. The van der Waals surface area contributed by atoms with Gasteiger partial charge in [-0.1, -0.05) is 40.2 Å². The molecule has 0 aliphatic heterocycles. The maximum absolute atomic E-state index is 11.6. The predicted molar refractivity (Wildman–Crippen MR) is 60.3 cm³/mol. The van der Waals surface area contributed by atoms with Gasteiger partial charge in [0.1, 0.15) is 0 Å². The third-order valence-electron chi connectivity index (χ3n) is 2.00. The molecule has 0 bridgehead atoms. The van der Waals surface area contributed by atoms with Crippen molar-refractivity contribution >= 4 is 27.7 Å². The molecule has 0 radical (unpaired) electrons. The maximum Gasteiger partial charge on any atom is 0.379 e. The van der Waals surface area contributed by atoms with Crippen LogP contribution in [0.25, 0.3) is 0 Å². The minimum atomic E-state index is -0.822. The number of hydrogen-bond acceptors (Lipinski definition) is 3. The van der Waals surface area contributed by atoms with Crippen molar-refractivity contribution in [2.24, 2.45) is 0 Å². The van der Waals surface area contributed by atoms with Crippen molar-refractivity contribution in [3.8, 4) is 0 Å². The molecule has 0 amide bonds. The number of Topliss-reactive ketones (excluding diaryl/α,β-unsaturated/α-hetero) is 1. The molecular weight excluding hydrogens is 260 g/mol. The molecule has 1 rings (SSSR count). The fourth-order valence-corrected chi connectivity index (χ4v) is 1.69. The molecule has 0 atom stereocenters. The molecule has 0 saturated heterocycles. The van der Waals surface area contributed by atoms with E-state index < -0.39 is 11.8 Å². The van der Waals surface area contributed by atoms with E-state index in [0.717, 1.165) is 10.9 Å². The lowest BCUT2D eigenvalue weighted by Gasteiger charge is -2.05. The van der Waals surface area contributed by atoms with Gasteiger partial charge in [-0.2, -0.15) is 0 Å². The van der Waals surface area contributed by atoms with E-state index in [0.29, 0.717) is 12.0 Å². The highest BCUT2D eigenvalue weighted by Crippen LogP contribution is 2.12. The highest BCUT2D eigenvalue weighted by atomic mass is 79.9. The Hall–Kier alpha value is -1.16. The van der Waals surface area contributed by atoms with Gasteiger partial charge in [-0.05, 0) is 12.0 Å². The normalized spacial score (nSPS) is 9.73. The van der Waals surface area contributed by atoms with Gasteiger partial charge in [0.05, 0.1) is 7.11 Å². The van der Waals surface area contributed by atoms with Crippen LogP contribution < -0.4 is 0 Å². The molecule has 4 heteroatoms. The fourth-order valence-electron chi connectivity index (χ4n) is 1.26. The first-order chi connectivity index (χ1) is 7.20. The first-order valence-corrected chi connectivity index (χ1v) is 5.59. The lowest BCUT2D eigenvalue weighted by atomic mass is 10.0. The van der Waals surface area contributed by atoms with E-state index in [1.807, 2.05) is 12.1 Å². The molecule has 0 aliphatic rings. The van der Waals surface area contributed by atoms with Crippen LogP contribution >= 0.6 is 15.9 Å². The van der Waals surface area contributed by atoms with Crippen LogP contribution in [0, 0.1) is 0 Å². The minimum Gasteiger partial charge on any atom is -0.463 e. The van der Waals surface area contributed by atoms with Crippen LogP contribution in [0.3, 0.4) is 0 Å². The van der Waals surface area contributed by atoms with E-state index in [1.165, 1.54) is 7.11 Å². The summed E-state index contributed by atoms with van der Waals surface area (Å²) in [5, 5.41) is 0.748. The molecule has 0 spiro atoms. The average molecular weight is 271 g/mol. The van der Waals surface area contributed by atoms with E-state index in [1.54, 1.807) is 12.1 Å². The summed E-state index contributed by atoms with van der Waals surface area (Å²) in [6, 6.07) is 7.04. The quantitative estimate of drug-likeness (QED) is 0.364. The van der Waals surface area contributed by atoms with Crippen LogP contribution in [0.1, 0.15) is 15.9 Å². The smallest absolute Gasteiger partial charge is 0.379 e. The maximum atomic E-state index is 11.6. The molecule has 3 nitrogen and oxygen atoms in total. The van der Waals surface area contributed by atoms with Crippen molar-refractivity contribution in [3.63, 3.8) is 0 Å². The van der Waals surface area contributed by atoms with Crippen molar-refractivity contribution in [1.82, 2.24) is 0 Å². The number of ketones is 1. The van der Waals surface area contributed by atoms with Gasteiger partial charge >= 0.3 is 5.97 Å². The predicted octanol–water partition coefficient (Wildman–Crippen LogP) is 1.98. The number of methoxy groups -OCH3 is 1. The minimum absolute atomic E-state index is 0.420. The van der Waals surface area contributed by atoms with Gasteiger partial charge in [0.25, 0.3) is 5.78 Å². The Morgan fingerprint density at radius 3 is 2.60 bits per heavy atom. The third-order valence-corrected chi connectivity index (χ3v) is 2.39. The summed E-state index contributed by atoms with van der Waals surface area (Å²) in [6.45, 7) is 0. The molecule has 0 heterocycles. The molecule has 0 N–H and O–H groups in total. The molecular formula is C11H11BrO3. The van der Waals surface area contributed by atoms with Crippen molar-refractivity contribution in [3.05, 3.63) is 35.4 Å². The number of carbonyl (C=O) groups is 2. The van der Waals surface area contributed by atoms with E-state index in [9.17, 15) is 9.59 Å². The highest BCUT2D eigenvalue weighted by molar-refractivity contribution is 9.09. The van der Waals surface area contributed by atoms with Gasteiger partial charge in [0.15, 0.2) is 0 Å². The van der Waals surface area contributed by atoms with Crippen molar-refractivity contribution < 1.29 is 14.3 Å². The Morgan fingerprint density at radius 1 is 1.33 bits per heavy atom. The lowest BCUT2D eigenvalue weighted by molar-refractivity contribution is -0.135. The summed E-state index contributed by atoms with van der Waals surface area (Å²) in [7, 11) is 1.20. The fraction of sp³-hybridized carbons (Fsp3) is 0.273. The van der Waals surface area contributed by atoms with Crippen molar-refractivity contribution in [1.29, 1.82) is 0 Å². The van der Waals surface area contributed by atoms with E-state index >= 15 is 0 Å². The first-order valence-electron chi connectivity index (χ1n) is 4.47. The van der Waals surface area contributed by atoms with Gasteiger partial charge in [0, 0.05) is 10.9 Å². The van der Waals surface area contributed by atoms with E-state index in [4.69, 9.17) is 0 Å². The summed E-state index contributed by atoms with van der Waals surface area (Å²) in [5.41, 5.74) is 1.27. The SMILES string of the molecule is COC(=O)C(=O)c1ccccc1CCBr. The number of ether oxygens (including phenoxy) is 1. The topological polar surface area (TPSA) is 43.4 Å². The van der Waals surface area contributed by atoms with Gasteiger partial charge in [-0.3, -0.25) is 4.79 Å². The summed E-state index contributed by atoms with van der Waals surface area (Å²) < 4.78 is 4.40. The molecule has 0 unspecified atom stereocenters. The molecule has 0 aromatic heterocycles.